The molecule has 3 rings (SSSR count). The summed E-state index contributed by atoms with van der Waals surface area (Å²) in [5.74, 6) is 0. The van der Waals surface area contributed by atoms with E-state index in [0.29, 0.717) is 6.04 Å². The van der Waals surface area contributed by atoms with E-state index in [0.717, 1.165) is 41.6 Å². The van der Waals surface area contributed by atoms with Gasteiger partial charge in [-0.3, -0.25) is 0 Å². The Morgan fingerprint density at radius 3 is 2.90 bits per heavy atom. The lowest BCUT2D eigenvalue weighted by molar-refractivity contribution is 0.102. The van der Waals surface area contributed by atoms with Crippen molar-refractivity contribution >= 4 is 16.5 Å². The molecule has 2 atom stereocenters. The minimum Gasteiger partial charge on any atom is -0.387 e. The van der Waals surface area contributed by atoms with Crippen LogP contribution in [0, 0.1) is 5.41 Å². The highest BCUT2D eigenvalue weighted by Crippen LogP contribution is 2.45. The molecule has 0 spiro atoms. The summed E-state index contributed by atoms with van der Waals surface area (Å²) in [6.45, 7) is 6.63. The Morgan fingerprint density at radius 1 is 1.43 bits per heavy atom. The van der Waals surface area contributed by atoms with Gasteiger partial charge in [-0.25, -0.2) is 4.98 Å². The molecule has 0 aromatic carbocycles. The summed E-state index contributed by atoms with van der Waals surface area (Å²) < 4.78 is 0. The highest BCUT2D eigenvalue weighted by molar-refractivity contribution is 7.15. The van der Waals surface area contributed by atoms with Crippen LogP contribution in [0.1, 0.15) is 49.8 Å². The van der Waals surface area contributed by atoms with Crippen molar-refractivity contribution in [2.24, 2.45) is 5.41 Å². The molecule has 1 fully saturated rings. The summed E-state index contributed by atoms with van der Waals surface area (Å²) in [5.41, 5.74) is 1.29. The van der Waals surface area contributed by atoms with E-state index in [1.807, 2.05) is 0 Å². The van der Waals surface area contributed by atoms with Gasteiger partial charge in [0.1, 0.15) is 0 Å². The van der Waals surface area contributed by atoms with Gasteiger partial charge in [-0.15, -0.1) is 0 Å². The first-order valence-electron chi connectivity index (χ1n) is 7.95. The molecule has 2 unspecified atom stereocenters. The van der Waals surface area contributed by atoms with E-state index in [1.165, 1.54) is 12.8 Å². The van der Waals surface area contributed by atoms with Crippen molar-refractivity contribution in [2.75, 3.05) is 32.1 Å². The van der Waals surface area contributed by atoms with Gasteiger partial charge >= 0.3 is 0 Å². The van der Waals surface area contributed by atoms with Gasteiger partial charge in [-0.05, 0) is 45.2 Å². The van der Waals surface area contributed by atoms with Gasteiger partial charge in [0.15, 0.2) is 5.13 Å². The van der Waals surface area contributed by atoms with E-state index in [2.05, 4.69) is 37.7 Å². The van der Waals surface area contributed by atoms with Crippen LogP contribution in [0.2, 0.25) is 0 Å². The van der Waals surface area contributed by atoms with Crippen molar-refractivity contribution < 1.29 is 5.11 Å². The monoisotopic (exact) mass is 309 g/mol. The summed E-state index contributed by atoms with van der Waals surface area (Å²) >= 11 is 1.72. The molecule has 21 heavy (non-hydrogen) atoms. The smallest absolute Gasteiger partial charge is 0.186 e. The first-order chi connectivity index (χ1) is 9.85. The third-order valence-electron chi connectivity index (χ3n) is 4.61. The molecule has 0 bridgehead atoms. The molecule has 4 nitrogen and oxygen atoms in total. The zero-order valence-electron chi connectivity index (χ0n) is 13.6. The number of rotatable bonds is 3. The standard InChI is InChI=1S/C16H27N3OS/c1-16(2)8-12-14(13(20)9-16)21-15(17-12)19-7-5-6-11(19)10-18(3)4/h11,13,20H,5-10H2,1-4H3. The van der Waals surface area contributed by atoms with Crippen LogP contribution in [-0.4, -0.2) is 48.2 Å². The Labute approximate surface area is 131 Å². The maximum absolute atomic E-state index is 10.4. The van der Waals surface area contributed by atoms with Crippen LogP contribution >= 0.6 is 11.3 Å². The molecule has 0 radical (unpaired) electrons. The van der Waals surface area contributed by atoms with Gasteiger partial charge in [0.25, 0.3) is 0 Å². The van der Waals surface area contributed by atoms with Gasteiger partial charge in [-0.1, -0.05) is 25.2 Å². The second-order valence-electron chi connectivity index (χ2n) is 7.62. The van der Waals surface area contributed by atoms with Gasteiger partial charge in [0.05, 0.1) is 16.7 Å². The lowest BCUT2D eigenvalue weighted by atomic mass is 9.77. The molecular formula is C16H27N3OS. The molecule has 118 valence electrons. The molecule has 1 aromatic heterocycles. The van der Waals surface area contributed by atoms with Crippen molar-refractivity contribution in [3.63, 3.8) is 0 Å². The van der Waals surface area contributed by atoms with Crippen molar-refractivity contribution in [3.05, 3.63) is 10.6 Å². The molecule has 0 saturated carbocycles. The van der Waals surface area contributed by atoms with E-state index >= 15 is 0 Å². The lowest BCUT2D eigenvalue weighted by Crippen LogP contribution is -2.37. The zero-order valence-corrected chi connectivity index (χ0v) is 14.4. The number of aromatic nitrogens is 1. The fourth-order valence-electron chi connectivity index (χ4n) is 3.70. The Balaban J connectivity index is 1.84. The van der Waals surface area contributed by atoms with Crippen LogP contribution in [0.5, 0.6) is 0 Å². The Hall–Kier alpha value is -0.650. The maximum atomic E-state index is 10.4. The number of likely N-dealkylation sites (N-methyl/N-ethyl adjacent to an activating group) is 1. The van der Waals surface area contributed by atoms with Gasteiger partial charge in [0.2, 0.25) is 0 Å². The number of fused-ring (bicyclic) bond motifs is 1. The second-order valence-corrected chi connectivity index (χ2v) is 8.63. The van der Waals surface area contributed by atoms with E-state index in [-0.39, 0.29) is 11.5 Å². The normalized spacial score (nSPS) is 28.2. The van der Waals surface area contributed by atoms with Crippen LogP contribution in [0.4, 0.5) is 5.13 Å². The number of hydrogen-bond donors (Lipinski definition) is 1. The summed E-state index contributed by atoms with van der Waals surface area (Å²) in [4.78, 5) is 10.7. The quantitative estimate of drug-likeness (QED) is 0.932. The van der Waals surface area contributed by atoms with Crippen LogP contribution in [0.3, 0.4) is 0 Å². The highest BCUT2D eigenvalue weighted by atomic mass is 32.1. The predicted octanol–water partition coefficient (Wildman–Crippen LogP) is 2.68. The molecule has 0 amide bonds. The van der Waals surface area contributed by atoms with Crippen molar-refractivity contribution in [1.29, 1.82) is 0 Å². The van der Waals surface area contributed by atoms with Crippen molar-refractivity contribution in [2.45, 2.75) is 51.7 Å². The molecule has 1 aromatic rings. The number of aliphatic hydroxyl groups is 1. The lowest BCUT2D eigenvalue weighted by Gasteiger charge is -2.31. The third-order valence-corrected chi connectivity index (χ3v) is 5.85. The Morgan fingerprint density at radius 2 is 2.19 bits per heavy atom. The number of nitrogens with zero attached hydrogens (tertiary/aromatic N) is 3. The van der Waals surface area contributed by atoms with Crippen LogP contribution in [0.15, 0.2) is 0 Å². The second kappa shape index (κ2) is 5.52. The molecular weight excluding hydrogens is 282 g/mol. The molecule has 1 aliphatic heterocycles. The summed E-state index contributed by atoms with van der Waals surface area (Å²) in [6.07, 6.45) is 4.00. The average Bonchev–Trinajstić information content (AvgIpc) is 2.92. The fraction of sp³-hybridized carbons (Fsp3) is 0.812. The van der Waals surface area contributed by atoms with E-state index < -0.39 is 0 Å². The average molecular weight is 309 g/mol. The highest BCUT2D eigenvalue weighted by Gasteiger charge is 2.36. The third kappa shape index (κ3) is 3.10. The van der Waals surface area contributed by atoms with Gasteiger partial charge in [-0.2, -0.15) is 0 Å². The molecule has 1 aliphatic carbocycles. The van der Waals surface area contributed by atoms with E-state index in [1.54, 1.807) is 11.3 Å². The van der Waals surface area contributed by atoms with Crippen LogP contribution < -0.4 is 4.90 Å². The number of hydrogen-bond acceptors (Lipinski definition) is 5. The maximum Gasteiger partial charge on any atom is 0.186 e. The SMILES string of the molecule is CN(C)CC1CCCN1c1nc2c(s1)C(O)CC(C)(C)C2. The summed E-state index contributed by atoms with van der Waals surface area (Å²) in [6, 6.07) is 0.567. The molecule has 2 heterocycles. The number of anilines is 1. The topological polar surface area (TPSA) is 39.6 Å². The minimum atomic E-state index is -0.329. The van der Waals surface area contributed by atoms with E-state index in [4.69, 9.17) is 4.98 Å². The van der Waals surface area contributed by atoms with E-state index in [9.17, 15) is 5.11 Å². The van der Waals surface area contributed by atoms with Gasteiger partial charge < -0.3 is 14.9 Å². The summed E-state index contributed by atoms with van der Waals surface area (Å²) in [7, 11) is 4.27. The predicted molar refractivity (Wildman–Crippen MR) is 88.1 cm³/mol. The number of aliphatic hydroxyl groups excluding tert-OH is 1. The van der Waals surface area contributed by atoms with Gasteiger partial charge in [0, 0.05) is 19.1 Å². The molecule has 2 aliphatic rings. The zero-order chi connectivity index (χ0) is 15.2. The first-order valence-corrected chi connectivity index (χ1v) is 8.76. The minimum absolute atomic E-state index is 0.159. The number of thiazole rings is 1. The molecule has 1 saturated heterocycles. The Kier molecular flexibility index (Phi) is 4.01. The van der Waals surface area contributed by atoms with Crippen LogP contribution in [-0.2, 0) is 6.42 Å². The largest absolute Gasteiger partial charge is 0.387 e. The molecule has 1 N–H and O–H groups in total. The van der Waals surface area contributed by atoms with Crippen molar-refractivity contribution in [1.82, 2.24) is 9.88 Å². The van der Waals surface area contributed by atoms with Crippen LogP contribution in [0.25, 0.3) is 0 Å². The first kappa shape index (κ1) is 15.3. The Bertz CT molecular complexity index is 512. The summed E-state index contributed by atoms with van der Waals surface area (Å²) in [5, 5.41) is 11.5. The molecule has 5 heteroatoms. The fourth-order valence-corrected chi connectivity index (χ4v) is 4.87. The van der Waals surface area contributed by atoms with Crippen molar-refractivity contribution in [3.8, 4) is 0 Å².